The third-order valence-electron chi connectivity index (χ3n) is 3.80. The number of esters is 1. The molecule has 0 radical (unpaired) electrons. The molecule has 0 bridgehead atoms. The Morgan fingerprint density at radius 2 is 2.19 bits per heavy atom. The quantitative estimate of drug-likeness (QED) is 0.834. The van der Waals surface area contributed by atoms with Crippen molar-refractivity contribution >= 4 is 16.0 Å². The smallest absolute Gasteiger partial charge is 0.338 e. The maximum absolute atomic E-state index is 12.7. The highest BCUT2D eigenvalue weighted by atomic mass is 32.2. The number of ether oxygens (including phenoxy) is 1. The van der Waals surface area contributed by atoms with Crippen LogP contribution in [0.2, 0.25) is 0 Å². The van der Waals surface area contributed by atoms with E-state index >= 15 is 0 Å². The third-order valence-corrected chi connectivity index (χ3v) is 5.75. The van der Waals surface area contributed by atoms with E-state index in [-0.39, 0.29) is 10.9 Å². The van der Waals surface area contributed by atoms with Crippen LogP contribution >= 0.6 is 0 Å². The molecular formula is C14H20N2O4S. The first kappa shape index (κ1) is 15.9. The van der Waals surface area contributed by atoms with Gasteiger partial charge in [-0.05, 0) is 43.5 Å². The molecule has 1 aliphatic rings. The largest absolute Gasteiger partial charge is 0.465 e. The fourth-order valence-corrected chi connectivity index (χ4v) is 4.42. The summed E-state index contributed by atoms with van der Waals surface area (Å²) in [5.74, 6) is -0.475. The maximum Gasteiger partial charge on any atom is 0.338 e. The summed E-state index contributed by atoms with van der Waals surface area (Å²) in [6.45, 7) is 2.50. The Kier molecular flexibility index (Phi) is 4.65. The van der Waals surface area contributed by atoms with Crippen molar-refractivity contribution < 1.29 is 17.9 Å². The van der Waals surface area contributed by atoms with Crippen molar-refractivity contribution in [3.05, 3.63) is 29.3 Å². The lowest BCUT2D eigenvalue weighted by molar-refractivity contribution is 0.0600. The molecule has 0 spiro atoms. The Labute approximate surface area is 124 Å². The van der Waals surface area contributed by atoms with E-state index in [1.165, 1.54) is 29.6 Å². The fourth-order valence-electron chi connectivity index (χ4n) is 2.63. The average Bonchev–Trinajstić information content (AvgIpc) is 2.95. The van der Waals surface area contributed by atoms with Crippen LogP contribution in [0, 0.1) is 6.92 Å². The van der Waals surface area contributed by atoms with Crippen LogP contribution in [-0.4, -0.2) is 44.9 Å². The second kappa shape index (κ2) is 6.13. The molecule has 1 aromatic carbocycles. The van der Waals surface area contributed by atoms with Crippen LogP contribution in [-0.2, 0) is 14.8 Å². The highest BCUT2D eigenvalue weighted by molar-refractivity contribution is 7.89. The topological polar surface area (TPSA) is 89.7 Å². The minimum absolute atomic E-state index is 0.143. The monoisotopic (exact) mass is 312 g/mol. The number of sulfonamides is 1. The van der Waals surface area contributed by atoms with Gasteiger partial charge in [-0.25, -0.2) is 13.2 Å². The zero-order valence-corrected chi connectivity index (χ0v) is 13.0. The molecular weight excluding hydrogens is 292 g/mol. The highest BCUT2D eigenvalue weighted by Crippen LogP contribution is 2.26. The molecule has 0 saturated carbocycles. The van der Waals surface area contributed by atoms with Crippen molar-refractivity contribution in [2.45, 2.75) is 30.7 Å². The number of carbonyl (C=O) groups excluding carboxylic acids is 1. The first-order valence-electron chi connectivity index (χ1n) is 6.82. The van der Waals surface area contributed by atoms with Crippen molar-refractivity contribution in [3.8, 4) is 0 Å². The van der Waals surface area contributed by atoms with E-state index in [0.29, 0.717) is 24.2 Å². The van der Waals surface area contributed by atoms with Crippen molar-refractivity contribution in [3.63, 3.8) is 0 Å². The minimum Gasteiger partial charge on any atom is -0.465 e. The molecule has 1 heterocycles. The zero-order valence-electron chi connectivity index (χ0n) is 12.2. The summed E-state index contributed by atoms with van der Waals surface area (Å²) in [6, 6.07) is 4.30. The fraction of sp³-hybridized carbons (Fsp3) is 0.500. The first-order valence-corrected chi connectivity index (χ1v) is 8.26. The minimum atomic E-state index is -3.57. The molecule has 7 heteroatoms. The van der Waals surface area contributed by atoms with E-state index in [2.05, 4.69) is 4.74 Å². The summed E-state index contributed by atoms with van der Waals surface area (Å²) >= 11 is 0. The maximum atomic E-state index is 12.7. The number of rotatable bonds is 4. The summed E-state index contributed by atoms with van der Waals surface area (Å²) in [5.41, 5.74) is 6.59. The van der Waals surface area contributed by atoms with E-state index in [1.54, 1.807) is 6.92 Å². The van der Waals surface area contributed by atoms with E-state index in [1.807, 2.05) is 0 Å². The number of methoxy groups -OCH3 is 1. The number of nitrogens with zero attached hydrogens (tertiary/aromatic N) is 1. The van der Waals surface area contributed by atoms with Gasteiger partial charge in [-0.15, -0.1) is 0 Å². The summed E-state index contributed by atoms with van der Waals surface area (Å²) < 4.78 is 31.4. The van der Waals surface area contributed by atoms with Gasteiger partial charge in [0.2, 0.25) is 10.0 Å². The van der Waals surface area contributed by atoms with Gasteiger partial charge in [0.1, 0.15) is 0 Å². The molecule has 1 atom stereocenters. The first-order chi connectivity index (χ1) is 9.91. The van der Waals surface area contributed by atoms with Crippen LogP contribution in [0.5, 0.6) is 0 Å². The number of carbonyl (C=O) groups is 1. The number of nitrogens with two attached hydrogens (primary N) is 1. The molecule has 1 unspecified atom stereocenters. The van der Waals surface area contributed by atoms with E-state index in [9.17, 15) is 13.2 Å². The molecule has 6 nitrogen and oxygen atoms in total. The lowest BCUT2D eigenvalue weighted by Crippen LogP contribution is -2.39. The number of hydrogen-bond acceptors (Lipinski definition) is 5. The third kappa shape index (κ3) is 2.95. The molecule has 0 aliphatic carbocycles. The Bertz CT molecular complexity index is 642. The Morgan fingerprint density at radius 1 is 1.48 bits per heavy atom. The Balaban J connectivity index is 2.37. The molecule has 2 rings (SSSR count). The summed E-state index contributed by atoms with van der Waals surface area (Å²) in [7, 11) is -2.28. The highest BCUT2D eigenvalue weighted by Gasteiger charge is 2.34. The number of aryl methyl sites for hydroxylation is 1. The average molecular weight is 312 g/mol. The van der Waals surface area contributed by atoms with Crippen molar-refractivity contribution in [1.82, 2.24) is 4.31 Å². The van der Waals surface area contributed by atoms with Gasteiger partial charge in [0.25, 0.3) is 0 Å². The van der Waals surface area contributed by atoms with Crippen molar-refractivity contribution in [2.24, 2.45) is 5.73 Å². The molecule has 21 heavy (non-hydrogen) atoms. The molecule has 2 N–H and O–H groups in total. The number of benzene rings is 1. The zero-order chi connectivity index (χ0) is 15.6. The summed E-state index contributed by atoms with van der Waals surface area (Å²) in [4.78, 5) is 11.7. The Hall–Kier alpha value is -1.44. The van der Waals surface area contributed by atoms with Gasteiger partial charge >= 0.3 is 5.97 Å². The second-order valence-electron chi connectivity index (χ2n) is 5.12. The molecule has 1 saturated heterocycles. The van der Waals surface area contributed by atoms with Crippen LogP contribution in [0.4, 0.5) is 0 Å². The molecule has 0 aromatic heterocycles. The van der Waals surface area contributed by atoms with Gasteiger partial charge in [-0.1, -0.05) is 0 Å². The normalized spacial score (nSPS) is 19.7. The Morgan fingerprint density at radius 3 is 2.76 bits per heavy atom. The van der Waals surface area contributed by atoms with E-state index in [0.717, 1.165) is 12.8 Å². The van der Waals surface area contributed by atoms with Gasteiger partial charge in [-0.2, -0.15) is 4.31 Å². The summed E-state index contributed by atoms with van der Waals surface area (Å²) in [5, 5.41) is 0. The SMILES string of the molecule is COC(=O)c1ccc(S(=O)(=O)N2CCCC2CN)cc1C. The van der Waals surface area contributed by atoms with Crippen molar-refractivity contribution in [1.29, 1.82) is 0 Å². The van der Waals surface area contributed by atoms with Gasteiger partial charge in [0.05, 0.1) is 17.6 Å². The predicted molar refractivity (Wildman–Crippen MR) is 78.5 cm³/mol. The van der Waals surface area contributed by atoms with Gasteiger partial charge in [0.15, 0.2) is 0 Å². The van der Waals surface area contributed by atoms with E-state index < -0.39 is 16.0 Å². The summed E-state index contributed by atoms with van der Waals surface area (Å²) in [6.07, 6.45) is 1.61. The lowest BCUT2D eigenvalue weighted by Gasteiger charge is -2.23. The van der Waals surface area contributed by atoms with Crippen LogP contribution in [0.1, 0.15) is 28.8 Å². The van der Waals surface area contributed by atoms with Gasteiger partial charge < -0.3 is 10.5 Å². The van der Waals surface area contributed by atoms with Crippen LogP contribution in [0.15, 0.2) is 23.1 Å². The molecule has 1 fully saturated rings. The molecule has 1 aromatic rings. The lowest BCUT2D eigenvalue weighted by atomic mass is 10.1. The van der Waals surface area contributed by atoms with E-state index in [4.69, 9.17) is 5.73 Å². The molecule has 116 valence electrons. The van der Waals surface area contributed by atoms with Crippen LogP contribution in [0.25, 0.3) is 0 Å². The molecule has 0 amide bonds. The van der Waals surface area contributed by atoms with Gasteiger partial charge in [0, 0.05) is 19.1 Å². The molecule has 1 aliphatic heterocycles. The number of hydrogen-bond donors (Lipinski definition) is 1. The van der Waals surface area contributed by atoms with Crippen molar-refractivity contribution in [2.75, 3.05) is 20.2 Å². The second-order valence-corrected chi connectivity index (χ2v) is 7.01. The predicted octanol–water partition coefficient (Wildman–Crippen LogP) is 0.893. The van der Waals surface area contributed by atoms with Crippen LogP contribution < -0.4 is 5.73 Å². The standard InChI is InChI=1S/C14H20N2O4S/c1-10-8-12(5-6-13(10)14(17)20-2)21(18,19)16-7-3-4-11(16)9-15/h5-6,8,11H,3-4,7,9,15H2,1-2H3. The van der Waals surface area contributed by atoms with Crippen LogP contribution in [0.3, 0.4) is 0 Å². The van der Waals surface area contributed by atoms with Gasteiger partial charge in [-0.3, -0.25) is 0 Å².